The normalized spacial score (nSPS) is 11.6. The van der Waals surface area contributed by atoms with E-state index in [-0.39, 0.29) is 22.4 Å². The van der Waals surface area contributed by atoms with Crippen LogP contribution in [-0.4, -0.2) is 21.1 Å². The summed E-state index contributed by atoms with van der Waals surface area (Å²) in [4.78, 5) is 20.6. The number of carboxylic acid groups (broad SMARTS) is 1. The quantitative estimate of drug-likeness (QED) is 0.593. The van der Waals surface area contributed by atoms with Crippen LogP contribution in [0.25, 0.3) is 0 Å². The number of benzene rings is 1. The molecule has 0 saturated heterocycles. The lowest BCUT2D eigenvalue weighted by molar-refractivity contribution is -0.385. The molecule has 0 spiro atoms. The van der Waals surface area contributed by atoms with E-state index in [0.717, 1.165) is 6.07 Å². The molecule has 0 heterocycles. The molecule has 0 aliphatic heterocycles. The van der Waals surface area contributed by atoms with Crippen LogP contribution in [-0.2, 0) is 4.79 Å². The number of aliphatic carboxylic acids is 1. The molecule has 1 aromatic rings. The van der Waals surface area contributed by atoms with Crippen molar-refractivity contribution >= 4 is 11.7 Å². The number of aliphatic hydroxyl groups is 1. The van der Waals surface area contributed by atoms with Crippen LogP contribution >= 0.6 is 0 Å². The van der Waals surface area contributed by atoms with Crippen LogP contribution in [0.4, 0.5) is 5.69 Å². The average molecular weight is 236 g/mol. The zero-order valence-electron chi connectivity index (χ0n) is 8.75. The highest BCUT2D eigenvalue weighted by Crippen LogP contribution is 2.27. The number of hydrogen-bond donors (Lipinski definition) is 2. The molecule has 1 rings (SSSR count). The summed E-state index contributed by atoms with van der Waals surface area (Å²) in [6.45, 7) is 1.43. The lowest BCUT2D eigenvalue weighted by Gasteiger charge is -2.08. The van der Waals surface area contributed by atoms with Gasteiger partial charge in [-0.25, -0.2) is 4.79 Å². The van der Waals surface area contributed by atoms with Crippen molar-refractivity contribution < 1.29 is 19.9 Å². The van der Waals surface area contributed by atoms with Gasteiger partial charge in [0.05, 0.1) is 16.6 Å². The monoisotopic (exact) mass is 236 g/mol. The van der Waals surface area contributed by atoms with Gasteiger partial charge < -0.3 is 10.2 Å². The summed E-state index contributed by atoms with van der Waals surface area (Å²) in [6.07, 6.45) is -1.95. The van der Waals surface area contributed by atoms with Gasteiger partial charge in [0.1, 0.15) is 0 Å². The first-order chi connectivity index (χ1) is 7.88. The summed E-state index contributed by atoms with van der Waals surface area (Å²) in [7, 11) is 0. The fourth-order valence-electron chi connectivity index (χ4n) is 1.37. The summed E-state index contributed by atoms with van der Waals surface area (Å²) < 4.78 is 0. The standard InChI is InChI=1S/C10H8N2O5/c1-5-2-6(4-11)7(9(13)10(14)15)3-8(5)12(16)17/h2-3,9,13H,1H3,(H,14,15). The minimum absolute atomic E-state index is 0.0944. The van der Waals surface area contributed by atoms with E-state index in [9.17, 15) is 20.0 Å². The Balaban J connectivity index is 3.48. The molecule has 0 saturated carbocycles. The molecule has 1 aromatic carbocycles. The second-order valence-corrected chi connectivity index (χ2v) is 3.34. The molecule has 7 nitrogen and oxygen atoms in total. The van der Waals surface area contributed by atoms with E-state index in [1.165, 1.54) is 13.0 Å². The molecule has 0 bridgehead atoms. The number of rotatable bonds is 3. The highest BCUT2D eigenvalue weighted by molar-refractivity contribution is 5.76. The van der Waals surface area contributed by atoms with Crippen molar-refractivity contribution in [2.75, 3.05) is 0 Å². The Bertz CT molecular complexity index is 532. The highest BCUT2D eigenvalue weighted by Gasteiger charge is 2.24. The Morgan fingerprint density at radius 1 is 1.59 bits per heavy atom. The second-order valence-electron chi connectivity index (χ2n) is 3.34. The summed E-state index contributed by atoms with van der Waals surface area (Å²) in [5, 5.41) is 37.4. The predicted octanol–water partition coefficient (Wildman–Crippen LogP) is 0.893. The van der Waals surface area contributed by atoms with Crippen molar-refractivity contribution in [3.05, 3.63) is 38.9 Å². The van der Waals surface area contributed by atoms with E-state index >= 15 is 0 Å². The molecule has 0 aromatic heterocycles. The van der Waals surface area contributed by atoms with Crippen molar-refractivity contribution in [1.82, 2.24) is 0 Å². The second kappa shape index (κ2) is 4.59. The molecule has 2 N–H and O–H groups in total. The maximum atomic E-state index is 10.7. The molecule has 0 radical (unpaired) electrons. The van der Waals surface area contributed by atoms with Gasteiger partial charge in [0, 0.05) is 17.2 Å². The predicted molar refractivity (Wildman–Crippen MR) is 55.1 cm³/mol. The third kappa shape index (κ3) is 2.38. The SMILES string of the molecule is Cc1cc(C#N)c(C(O)C(=O)O)cc1[N+](=O)[O-]. The molecule has 1 unspecified atom stereocenters. The largest absolute Gasteiger partial charge is 0.479 e. The number of nitrogens with zero attached hydrogens (tertiary/aromatic N) is 2. The third-order valence-electron chi connectivity index (χ3n) is 2.21. The lowest BCUT2D eigenvalue weighted by Crippen LogP contribution is -2.12. The van der Waals surface area contributed by atoms with Gasteiger partial charge in [0.15, 0.2) is 6.10 Å². The van der Waals surface area contributed by atoms with Gasteiger partial charge in [0.2, 0.25) is 0 Å². The maximum Gasteiger partial charge on any atom is 0.337 e. The van der Waals surface area contributed by atoms with Crippen LogP contribution in [0.2, 0.25) is 0 Å². The van der Waals surface area contributed by atoms with E-state index in [1.807, 2.05) is 0 Å². The van der Waals surface area contributed by atoms with Crippen molar-refractivity contribution in [1.29, 1.82) is 5.26 Å². The summed E-state index contributed by atoms with van der Waals surface area (Å²) >= 11 is 0. The van der Waals surface area contributed by atoms with Gasteiger partial charge >= 0.3 is 5.97 Å². The van der Waals surface area contributed by atoms with Crippen molar-refractivity contribution in [2.24, 2.45) is 0 Å². The van der Waals surface area contributed by atoms with E-state index in [4.69, 9.17) is 10.4 Å². The first-order valence-corrected chi connectivity index (χ1v) is 4.48. The number of aryl methyl sites for hydroxylation is 1. The molecule has 7 heteroatoms. The van der Waals surface area contributed by atoms with E-state index in [1.54, 1.807) is 6.07 Å². The van der Waals surface area contributed by atoms with Crippen molar-refractivity contribution in [2.45, 2.75) is 13.0 Å². The van der Waals surface area contributed by atoms with Crippen LogP contribution in [0.3, 0.4) is 0 Å². The maximum absolute atomic E-state index is 10.7. The topological polar surface area (TPSA) is 124 Å². The van der Waals surface area contributed by atoms with E-state index in [0.29, 0.717) is 0 Å². The smallest absolute Gasteiger partial charge is 0.337 e. The van der Waals surface area contributed by atoms with Gasteiger partial charge in [0.25, 0.3) is 5.69 Å². The first kappa shape index (κ1) is 12.6. The molecule has 0 aliphatic rings. The van der Waals surface area contributed by atoms with Crippen LogP contribution < -0.4 is 0 Å². The molecule has 1 atom stereocenters. The van der Waals surface area contributed by atoms with Crippen LogP contribution in [0.15, 0.2) is 12.1 Å². The summed E-state index contributed by atoms with van der Waals surface area (Å²) in [5.41, 5.74) is -0.479. The van der Waals surface area contributed by atoms with Gasteiger partial charge in [-0.3, -0.25) is 10.1 Å². The molecular weight excluding hydrogens is 228 g/mol. The van der Waals surface area contributed by atoms with Gasteiger partial charge in [-0.15, -0.1) is 0 Å². The number of carbonyl (C=O) groups is 1. The number of aliphatic hydroxyl groups excluding tert-OH is 1. The minimum Gasteiger partial charge on any atom is -0.479 e. The molecule has 0 aliphatic carbocycles. The lowest BCUT2D eigenvalue weighted by atomic mass is 9.99. The number of nitro groups is 1. The average Bonchev–Trinajstić information content (AvgIpc) is 2.26. The van der Waals surface area contributed by atoms with E-state index in [2.05, 4.69) is 0 Å². The van der Waals surface area contributed by atoms with Gasteiger partial charge in [-0.1, -0.05) is 0 Å². The Morgan fingerprint density at radius 3 is 2.59 bits per heavy atom. The van der Waals surface area contributed by atoms with Crippen LogP contribution in [0.5, 0.6) is 0 Å². The van der Waals surface area contributed by atoms with Crippen LogP contribution in [0, 0.1) is 28.4 Å². The Kier molecular flexibility index (Phi) is 3.40. The zero-order valence-corrected chi connectivity index (χ0v) is 8.75. The fraction of sp³-hybridized carbons (Fsp3) is 0.200. The highest BCUT2D eigenvalue weighted by atomic mass is 16.6. The number of carboxylic acids is 1. The molecule has 17 heavy (non-hydrogen) atoms. The summed E-state index contributed by atoms with van der Waals surface area (Å²) in [5.74, 6) is -1.57. The van der Waals surface area contributed by atoms with Crippen molar-refractivity contribution in [3.63, 3.8) is 0 Å². The number of nitriles is 1. The first-order valence-electron chi connectivity index (χ1n) is 4.48. The number of hydrogen-bond acceptors (Lipinski definition) is 5. The zero-order chi connectivity index (χ0) is 13.2. The van der Waals surface area contributed by atoms with E-state index < -0.39 is 17.0 Å². The van der Waals surface area contributed by atoms with Crippen LogP contribution in [0.1, 0.15) is 22.8 Å². The van der Waals surface area contributed by atoms with Gasteiger partial charge in [-0.05, 0) is 13.0 Å². The van der Waals surface area contributed by atoms with Crippen molar-refractivity contribution in [3.8, 4) is 6.07 Å². The molecule has 88 valence electrons. The number of nitro benzene ring substituents is 1. The Hall–Kier alpha value is -2.46. The molecule has 0 fully saturated rings. The fourth-order valence-corrected chi connectivity index (χ4v) is 1.37. The third-order valence-corrected chi connectivity index (χ3v) is 2.21. The molecular formula is C10H8N2O5. The van der Waals surface area contributed by atoms with Gasteiger partial charge in [-0.2, -0.15) is 5.26 Å². The Morgan fingerprint density at radius 2 is 2.18 bits per heavy atom. The minimum atomic E-state index is -1.95. The summed E-state index contributed by atoms with van der Waals surface area (Å²) in [6, 6.07) is 3.78. The Labute approximate surface area is 95.7 Å². The molecule has 0 amide bonds.